The summed E-state index contributed by atoms with van der Waals surface area (Å²) in [5.74, 6) is 0.826. The van der Waals surface area contributed by atoms with E-state index in [1.165, 1.54) is 0 Å². The lowest BCUT2D eigenvalue weighted by molar-refractivity contribution is -0.160. The van der Waals surface area contributed by atoms with Crippen molar-refractivity contribution in [2.45, 2.75) is 25.4 Å². The van der Waals surface area contributed by atoms with Crippen molar-refractivity contribution in [1.82, 2.24) is 0 Å². The second-order valence-electron chi connectivity index (χ2n) is 4.76. The van der Waals surface area contributed by atoms with E-state index in [4.69, 9.17) is 11.6 Å². The molecule has 1 aromatic rings. The summed E-state index contributed by atoms with van der Waals surface area (Å²) in [6.45, 7) is 0. The Labute approximate surface area is 88.1 Å². The monoisotopic (exact) mass is 210 g/mol. The molecule has 0 heterocycles. The summed E-state index contributed by atoms with van der Waals surface area (Å²) in [7, 11) is 0. The lowest BCUT2D eigenvalue weighted by Gasteiger charge is -2.63. The molecule has 0 aromatic heterocycles. The van der Waals surface area contributed by atoms with Crippen molar-refractivity contribution < 1.29 is 4.39 Å². The van der Waals surface area contributed by atoms with Crippen LogP contribution in [0.3, 0.4) is 0 Å². The Morgan fingerprint density at radius 1 is 1.36 bits per heavy atom. The Bertz CT molecular complexity index is 357. The van der Waals surface area contributed by atoms with E-state index in [0.717, 1.165) is 30.7 Å². The first kappa shape index (κ1) is 8.72. The molecule has 0 nitrogen and oxygen atoms in total. The minimum Gasteiger partial charge on any atom is -0.242 e. The van der Waals surface area contributed by atoms with Crippen molar-refractivity contribution in [3.63, 3.8) is 0 Å². The van der Waals surface area contributed by atoms with E-state index in [0.29, 0.717) is 5.02 Å². The van der Waals surface area contributed by atoms with Gasteiger partial charge in [-0.15, -0.1) is 0 Å². The third kappa shape index (κ3) is 1.05. The fraction of sp³-hybridized carbons (Fsp3) is 0.500. The van der Waals surface area contributed by atoms with Gasteiger partial charge in [0.1, 0.15) is 6.17 Å². The molecule has 0 saturated heterocycles. The van der Waals surface area contributed by atoms with Gasteiger partial charge < -0.3 is 0 Å². The van der Waals surface area contributed by atoms with Gasteiger partial charge in [-0.2, -0.15) is 0 Å². The van der Waals surface area contributed by atoms with Crippen LogP contribution in [0.5, 0.6) is 0 Å². The molecular formula is C12H12ClF. The number of alkyl halides is 1. The summed E-state index contributed by atoms with van der Waals surface area (Å²) in [6.07, 6.45) is 2.45. The van der Waals surface area contributed by atoms with Crippen molar-refractivity contribution in [2.24, 2.45) is 11.3 Å². The van der Waals surface area contributed by atoms with E-state index in [2.05, 4.69) is 0 Å². The number of benzene rings is 1. The lowest BCUT2D eigenvalue weighted by Crippen LogP contribution is -2.54. The smallest absolute Gasteiger partial charge is 0.131 e. The zero-order valence-corrected chi connectivity index (χ0v) is 8.60. The van der Waals surface area contributed by atoms with E-state index in [-0.39, 0.29) is 5.41 Å². The van der Waals surface area contributed by atoms with Crippen molar-refractivity contribution >= 4 is 11.6 Å². The Morgan fingerprint density at radius 2 is 2.07 bits per heavy atom. The minimum absolute atomic E-state index is 0.00461. The largest absolute Gasteiger partial charge is 0.242 e. The molecule has 1 atom stereocenters. The average Bonchev–Trinajstić information content (AvgIpc) is 1.98. The summed E-state index contributed by atoms with van der Waals surface area (Å²) < 4.78 is 14.1. The summed E-state index contributed by atoms with van der Waals surface area (Å²) >= 11 is 5.85. The van der Waals surface area contributed by atoms with Gasteiger partial charge in [0.25, 0.3) is 0 Å². The van der Waals surface area contributed by atoms with Crippen LogP contribution in [-0.4, -0.2) is 0 Å². The molecule has 0 amide bonds. The van der Waals surface area contributed by atoms with Gasteiger partial charge >= 0.3 is 0 Å². The second-order valence-corrected chi connectivity index (χ2v) is 5.19. The maximum atomic E-state index is 14.1. The topological polar surface area (TPSA) is 0 Å². The molecule has 74 valence electrons. The zero-order chi connectivity index (χ0) is 9.76. The predicted molar refractivity (Wildman–Crippen MR) is 55.1 cm³/mol. The van der Waals surface area contributed by atoms with Crippen LogP contribution in [0.1, 0.15) is 31.0 Å². The first-order valence-corrected chi connectivity index (χ1v) is 5.47. The fourth-order valence-corrected chi connectivity index (χ4v) is 3.07. The van der Waals surface area contributed by atoms with Gasteiger partial charge in [0, 0.05) is 10.4 Å². The van der Waals surface area contributed by atoms with Gasteiger partial charge in [-0.3, -0.25) is 0 Å². The zero-order valence-electron chi connectivity index (χ0n) is 7.84. The van der Waals surface area contributed by atoms with Crippen molar-refractivity contribution in [2.75, 3.05) is 0 Å². The van der Waals surface area contributed by atoms with Gasteiger partial charge in [0.05, 0.1) is 0 Å². The molecule has 2 heteroatoms. The second kappa shape index (κ2) is 2.73. The van der Waals surface area contributed by atoms with E-state index in [1.807, 2.05) is 12.1 Å². The molecule has 14 heavy (non-hydrogen) atoms. The Hall–Kier alpha value is -0.560. The quantitative estimate of drug-likeness (QED) is 0.688. The minimum atomic E-state index is -0.800. The van der Waals surface area contributed by atoms with Crippen LogP contribution in [0, 0.1) is 11.3 Å². The van der Waals surface area contributed by atoms with E-state index >= 15 is 0 Å². The molecule has 3 aliphatic rings. The van der Waals surface area contributed by atoms with Crippen molar-refractivity contribution in [3.05, 3.63) is 34.9 Å². The van der Waals surface area contributed by atoms with E-state index in [9.17, 15) is 4.39 Å². The molecule has 0 radical (unpaired) electrons. The highest BCUT2D eigenvalue weighted by Crippen LogP contribution is 2.70. The third-order valence-corrected chi connectivity index (χ3v) is 4.00. The number of hydrogen-bond donors (Lipinski definition) is 0. The molecule has 0 aliphatic heterocycles. The molecule has 3 aliphatic carbocycles. The van der Waals surface area contributed by atoms with Crippen LogP contribution < -0.4 is 0 Å². The Kier molecular flexibility index (Phi) is 1.70. The van der Waals surface area contributed by atoms with Gasteiger partial charge in [-0.1, -0.05) is 23.7 Å². The SMILES string of the molecule is FC(c1cccc(Cl)c1)C12CC(C1)C2. The van der Waals surface area contributed by atoms with Crippen LogP contribution in [0.4, 0.5) is 4.39 Å². The molecule has 1 aromatic carbocycles. The van der Waals surface area contributed by atoms with Crippen LogP contribution in [-0.2, 0) is 0 Å². The van der Waals surface area contributed by atoms with E-state index < -0.39 is 6.17 Å². The summed E-state index contributed by atoms with van der Waals surface area (Å²) in [6, 6.07) is 7.22. The third-order valence-electron chi connectivity index (χ3n) is 3.76. The molecular weight excluding hydrogens is 199 g/mol. The number of halogens is 2. The highest BCUT2D eigenvalue weighted by atomic mass is 35.5. The Morgan fingerprint density at radius 3 is 2.57 bits per heavy atom. The molecule has 0 N–H and O–H groups in total. The first-order chi connectivity index (χ1) is 6.70. The van der Waals surface area contributed by atoms with Gasteiger partial charge in [0.2, 0.25) is 0 Å². The lowest BCUT2D eigenvalue weighted by atomic mass is 9.42. The number of hydrogen-bond acceptors (Lipinski definition) is 0. The fourth-order valence-electron chi connectivity index (χ4n) is 2.87. The van der Waals surface area contributed by atoms with Gasteiger partial charge in [0.15, 0.2) is 0 Å². The summed E-state index contributed by atoms with van der Waals surface area (Å²) in [4.78, 5) is 0. The van der Waals surface area contributed by atoms with E-state index in [1.54, 1.807) is 12.1 Å². The van der Waals surface area contributed by atoms with Crippen LogP contribution in [0.2, 0.25) is 5.02 Å². The van der Waals surface area contributed by atoms with Gasteiger partial charge in [-0.05, 0) is 42.9 Å². The summed E-state index contributed by atoms with van der Waals surface area (Å²) in [5, 5.41) is 0.636. The molecule has 3 saturated carbocycles. The molecule has 4 rings (SSSR count). The molecule has 2 bridgehead atoms. The Balaban J connectivity index is 1.87. The van der Waals surface area contributed by atoms with Crippen LogP contribution in [0.25, 0.3) is 0 Å². The average molecular weight is 211 g/mol. The molecule has 0 spiro atoms. The maximum absolute atomic E-state index is 14.1. The maximum Gasteiger partial charge on any atom is 0.131 e. The number of rotatable bonds is 2. The molecule has 3 fully saturated rings. The highest BCUT2D eigenvalue weighted by Gasteiger charge is 2.61. The standard InChI is InChI=1S/C12H12ClF/c13-10-3-1-2-9(4-10)11(14)12-5-8(6-12)7-12/h1-4,8,11H,5-7H2. The summed E-state index contributed by atoms with van der Waals surface area (Å²) in [5.41, 5.74) is 0.755. The van der Waals surface area contributed by atoms with Gasteiger partial charge in [-0.25, -0.2) is 4.39 Å². The highest BCUT2D eigenvalue weighted by molar-refractivity contribution is 6.30. The van der Waals surface area contributed by atoms with Crippen molar-refractivity contribution in [3.8, 4) is 0 Å². The van der Waals surface area contributed by atoms with Crippen LogP contribution in [0.15, 0.2) is 24.3 Å². The first-order valence-electron chi connectivity index (χ1n) is 5.09. The predicted octanol–water partition coefficient (Wildman–Crippen LogP) is 4.15. The normalized spacial score (nSPS) is 35.7. The van der Waals surface area contributed by atoms with Crippen molar-refractivity contribution in [1.29, 1.82) is 0 Å². The molecule has 1 unspecified atom stereocenters. The van der Waals surface area contributed by atoms with Crippen LogP contribution >= 0.6 is 11.6 Å².